The minimum atomic E-state index is 0.243. The van der Waals surface area contributed by atoms with Gasteiger partial charge in [0.2, 0.25) is 0 Å². The van der Waals surface area contributed by atoms with E-state index in [9.17, 15) is 0 Å². The Bertz CT molecular complexity index is 347. The van der Waals surface area contributed by atoms with Gasteiger partial charge < -0.3 is 4.90 Å². The Labute approximate surface area is 100 Å². The van der Waals surface area contributed by atoms with Gasteiger partial charge in [0.05, 0.1) is 0 Å². The maximum absolute atomic E-state index is 2.36. The van der Waals surface area contributed by atoms with E-state index in [1.54, 1.807) is 0 Å². The highest BCUT2D eigenvalue weighted by Gasteiger charge is 2.14. The number of benzene rings is 1. The molecule has 1 nitrogen and oxygen atoms in total. The molecule has 16 heavy (non-hydrogen) atoms. The average molecular weight is 219 g/mol. The fourth-order valence-electron chi connectivity index (χ4n) is 1.71. The number of nitrogens with zero attached hydrogens (tertiary/aromatic N) is 1. The molecule has 0 radical (unpaired) electrons. The lowest BCUT2D eigenvalue weighted by Crippen LogP contribution is -2.18. The monoisotopic (exact) mass is 219 g/mol. The van der Waals surface area contributed by atoms with Gasteiger partial charge >= 0.3 is 0 Å². The third kappa shape index (κ3) is 3.34. The van der Waals surface area contributed by atoms with Gasteiger partial charge in [0, 0.05) is 6.54 Å². The standard InChI is InChI=1S/C15H25N/c1-7-16(6)11-13-10-14(15(3,4)5)9-8-12(13)2/h8-10H,7,11H2,1-6H3. The van der Waals surface area contributed by atoms with Crippen LogP contribution in [0.2, 0.25) is 0 Å². The zero-order valence-electron chi connectivity index (χ0n) is 11.6. The van der Waals surface area contributed by atoms with E-state index in [2.05, 4.69) is 64.8 Å². The van der Waals surface area contributed by atoms with E-state index < -0.39 is 0 Å². The molecule has 0 bridgehead atoms. The molecule has 0 aliphatic heterocycles. The highest BCUT2D eigenvalue weighted by molar-refractivity contribution is 5.34. The molecule has 0 aliphatic carbocycles. The van der Waals surface area contributed by atoms with Gasteiger partial charge in [-0.15, -0.1) is 0 Å². The van der Waals surface area contributed by atoms with Crippen LogP contribution in [0.25, 0.3) is 0 Å². The first-order valence-electron chi connectivity index (χ1n) is 6.13. The molecule has 0 N–H and O–H groups in total. The van der Waals surface area contributed by atoms with Crippen molar-refractivity contribution in [1.82, 2.24) is 4.90 Å². The number of aryl methyl sites for hydroxylation is 1. The fourth-order valence-corrected chi connectivity index (χ4v) is 1.71. The highest BCUT2D eigenvalue weighted by atomic mass is 15.1. The first-order chi connectivity index (χ1) is 7.34. The molecule has 0 fully saturated rings. The van der Waals surface area contributed by atoms with Crippen molar-refractivity contribution >= 4 is 0 Å². The third-order valence-electron chi connectivity index (χ3n) is 3.20. The van der Waals surface area contributed by atoms with Gasteiger partial charge in [0.1, 0.15) is 0 Å². The van der Waals surface area contributed by atoms with Crippen molar-refractivity contribution in [2.45, 2.75) is 46.6 Å². The van der Waals surface area contributed by atoms with Crippen molar-refractivity contribution in [3.05, 3.63) is 34.9 Å². The Hall–Kier alpha value is -0.820. The fraction of sp³-hybridized carbons (Fsp3) is 0.600. The van der Waals surface area contributed by atoms with Crippen molar-refractivity contribution < 1.29 is 0 Å². The summed E-state index contributed by atoms with van der Waals surface area (Å²) in [5, 5.41) is 0. The van der Waals surface area contributed by atoms with Gasteiger partial charge in [-0.2, -0.15) is 0 Å². The second-order valence-electron chi connectivity index (χ2n) is 5.72. The summed E-state index contributed by atoms with van der Waals surface area (Å²) < 4.78 is 0. The van der Waals surface area contributed by atoms with Crippen LogP contribution in [-0.2, 0) is 12.0 Å². The lowest BCUT2D eigenvalue weighted by molar-refractivity contribution is 0.344. The van der Waals surface area contributed by atoms with Gasteiger partial charge in [0.25, 0.3) is 0 Å². The van der Waals surface area contributed by atoms with Crippen LogP contribution in [0.15, 0.2) is 18.2 Å². The molecule has 1 heteroatoms. The normalized spacial score (nSPS) is 12.2. The van der Waals surface area contributed by atoms with Gasteiger partial charge in [0.15, 0.2) is 0 Å². The van der Waals surface area contributed by atoms with Gasteiger partial charge in [-0.25, -0.2) is 0 Å². The largest absolute Gasteiger partial charge is 0.302 e. The van der Waals surface area contributed by atoms with Crippen LogP contribution in [0.3, 0.4) is 0 Å². The first kappa shape index (κ1) is 13.2. The van der Waals surface area contributed by atoms with Crippen LogP contribution in [-0.4, -0.2) is 18.5 Å². The molecule has 1 rings (SSSR count). The molecule has 0 aliphatic rings. The lowest BCUT2D eigenvalue weighted by Gasteiger charge is -2.22. The minimum Gasteiger partial charge on any atom is -0.302 e. The van der Waals surface area contributed by atoms with Crippen LogP contribution in [0, 0.1) is 6.92 Å². The summed E-state index contributed by atoms with van der Waals surface area (Å²) in [6.45, 7) is 13.3. The second kappa shape index (κ2) is 5.01. The highest BCUT2D eigenvalue weighted by Crippen LogP contribution is 2.24. The van der Waals surface area contributed by atoms with Crippen molar-refractivity contribution in [1.29, 1.82) is 0 Å². The Balaban J connectivity index is 3.00. The van der Waals surface area contributed by atoms with E-state index in [-0.39, 0.29) is 5.41 Å². The minimum absolute atomic E-state index is 0.243. The maximum atomic E-state index is 2.36. The Kier molecular flexibility index (Phi) is 4.15. The molecular weight excluding hydrogens is 194 g/mol. The van der Waals surface area contributed by atoms with Crippen molar-refractivity contribution in [3.8, 4) is 0 Å². The molecule has 0 spiro atoms. The zero-order valence-corrected chi connectivity index (χ0v) is 11.6. The van der Waals surface area contributed by atoms with Gasteiger partial charge in [-0.1, -0.05) is 45.9 Å². The molecule has 90 valence electrons. The van der Waals surface area contributed by atoms with Crippen LogP contribution in [0.1, 0.15) is 44.4 Å². The predicted octanol–water partition coefficient (Wildman–Crippen LogP) is 3.74. The SMILES string of the molecule is CCN(C)Cc1cc(C(C)(C)C)ccc1C. The van der Waals surface area contributed by atoms with E-state index in [1.165, 1.54) is 16.7 Å². The van der Waals surface area contributed by atoms with Crippen LogP contribution < -0.4 is 0 Å². The van der Waals surface area contributed by atoms with Crippen LogP contribution >= 0.6 is 0 Å². The summed E-state index contributed by atoms with van der Waals surface area (Å²) in [4.78, 5) is 2.34. The lowest BCUT2D eigenvalue weighted by atomic mass is 9.85. The molecule has 0 saturated carbocycles. The summed E-state index contributed by atoms with van der Waals surface area (Å²) in [5.74, 6) is 0. The van der Waals surface area contributed by atoms with Crippen LogP contribution in [0.5, 0.6) is 0 Å². The Morgan fingerprint density at radius 2 is 1.81 bits per heavy atom. The van der Waals surface area contributed by atoms with Gasteiger partial charge in [-0.3, -0.25) is 0 Å². The molecule has 1 aromatic rings. The predicted molar refractivity (Wildman–Crippen MR) is 71.9 cm³/mol. The smallest absolute Gasteiger partial charge is 0.0233 e. The summed E-state index contributed by atoms with van der Waals surface area (Å²) in [6, 6.07) is 6.87. The Morgan fingerprint density at radius 3 is 2.31 bits per heavy atom. The van der Waals surface area contributed by atoms with Crippen molar-refractivity contribution in [3.63, 3.8) is 0 Å². The van der Waals surface area contributed by atoms with Gasteiger partial charge in [-0.05, 0) is 42.6 Å². The summed E-state index contributed by atoms with van der Waals surface area (Å²) in [7, 11) is 2.17. The van der Waals surface area contributed by atoms with E-state index in [0.29, 0.717) is 0 Å². The summed E-state index contributed by atoms with van der Waals surface area (Å²) in [5.41, 5.74) is 4.52. The zero-order chi connectivity index (χ0) is 12.3. The molecule has 0 amide bonds. The van der Waals surface area contributed by atoms with Crippen molar-refractivity contribution in [2.24, 2.45) is 0 Å². The van der Waals surface area contributed by atoms with E-state index in [1.807, 2.05) is 0 Å². The van der Waals surface area contributed by atoms with Crippen LogP contribution in [0.4, 0.5) is 0 Å². The average Bonchev–Trinajstić information content (AvgIpc) is 2.19. The molecule has 1 aromatic carbocycles. The molecule has 0 aromatic heterocycles. The molecular formula is C15H25N. The van der Waals surface area contributed by atoms with Crippen molar-refractivity contribution in [2.75, 3.05) is 13.6 Å². The Morgan fingerprint density at radius 1 is 1.19 bits per heavy atom. The van der Waals surface area contributed by atoms with E-state index >= 15 is 0 Å². The molecule has 0 saturated heterocycles. The number of hydrogen-bond acceptors (Lipinski definition) is 1. The number of hydrogen-bond donors (Lipinski definition) is 0. The first-order valence-corrected chi connectivity index (χ1v) is 6.13. The maximum Gasteiger partial charge on any atom is 0.0233 e. The summed E-state index contributed by atoms with van der Waals surface area (Å²) >= 11 is 0. The molecule has 0 unspecified atom stereocenters. The third-order valence-corrected chi connectivity index (χ3v) is 3.20. The number of rotatable bonds is 3. The second-order valence-corrected chi connectivity index (χ2v) is 5.72. The summed E-state index contributed by atoms with van der Waals surface area (Å²) in [6.07, 6.45) is 0. The molecule has 0 atom stereocenters. The quantitative estimate of drug-likeness (QED) is 0.748. The molecule has 0 heterocycles. The topological polar surface area (TPSA) is 3.24 Å². The van der Waals surface area contributed by atoms with E-state index in [4.69, 9.17) is 0 Å². The van der Waals surface area contributed by atoms with E-state index in [0.717, 1.165) is 13.1 Å².